The topological polar surface area (TPSA) is 59.1 Å². The highest BCUT2D eigenvalue weighted by molar-refractivity contribution is 7.89. The first kappa shape index (κ1) is 13.4. The van der Waals surface area contributed by atoms with Crippen LogP contribution in [0.5, 0.6) is 0 Å². The van der Waals surface area contributed by atoms with Gasteiger partial charge in [-0.1, -0.05) is 19.8 Å². The highest BCUT2D eigenvalue weighted by Gasteiger charge is 2.27. The van der Waals surface area contributed by atoms with Gasteiger partial charge in [0.25, 0.3) is 10.0 Å². The number of sulfonamides is 1. The molecule has 100 valence electrons. The molecule has 1 aliphatic rings. The molecule has 2 atom stereocenters. The fourth-order valence-corrected chi connectivity index (χ4v) is 3.67. The van der Waals surface area contributed by atoms with Gasteiger partial charge >= 0.3 is 0 Å². The van der Waals surface area contributed by atoms with Gasteiger partial charge in [-0.2, -0.15) is 0 Å². The van der Waals surface area contributed by atoms with E-state index in [1.165, 1.54) is 12.3 Å². The molecular weight excluding hydrogens is 255 g/mol. The zero-order chi connectivity index (χ0) is 13.2. The number of hydrogen-bond donors (Lipinski definition) is 1. The van der Waals surface area contributed by atoms with Crippen LogP contribution < -0.4 is 4.72 Å². The molecule has 1 N–H and O–H groups in total. The molecule has 2 rings (SSSR count). The van der Waals surface area contributed by atoms with Gasteiger partial charge in [-0.05, 0) is 30.9 Å². The Bertz CT molecular complexity index is 519. The molecule has 6 heteroatoms. The predicted octanol–water partition coefficient (Wildman–Crippen LogP) is 2.08. The molecule has 2 unspecified atom stereocenters. The molecule has 0 aliphatic heterocycles. The van der Waals surface area contributed by atoms with Crippen LogP contribution in [0.25, 0.3) is 0 Å². The lowest BCUT2D eigenvalue weighted by molar-refractivity contribution is 0.327. The molecule has 1 aromatic rings. The fourth-order valence-electron chi connectivity index (χ4n) is 2.39. The molecule has 1 fully saturated rings. The molecule has 1 saturated carbocycles. The first-order valence-corrected chi connectivity index (χ1v) is 7.60. The van der Waals surface area contributed by atoms with E-state index in [-0.39, 0.29) is 6.04 Å². The van der Waals surface area contributed by atoms with Crippen LogP contribution in [-0.2, 0) is 10.0 Å². The second-order valence-electron chi connectivity index (χ2n) is 4.88. The zero-order valence-corrected chi connectivity index (χ0v) is 11.1. The Hall–Kier alpha value is -1.01. The van der Waals surface area contributed by atoms with Crippen molar-refractivity contribution in [1.82, 2.24) is 9.71 Å². The van der Waals surface area contributed by atoms with Crippen molar-refractivity contribution in [2.75, 3.05) is 0 Å². The number of pyridine rings is 1. The van der Waals surface area contributed by atoms with Crippen molar-refractivity contribution < 1.29 is 12.8 Å². The molecule has 0 spiro atoms. The largest absolute Gasteiger partial charge is 0.261 e. The maximum atomic E-state index is 13.4. The van der Waals surface area contributed by atoms with E-state index in [1.54, 1.807) is 0 Å². The molecule has 1 aliphatic carbocycles. The van der Waals surface area contributed by atoms with Crippen LogP contribution in [0.1, 0.15) is 32.6 Å². The van der Waals surface area contributed by atoms with Gasteiger partial charge in [-0.25, -0.2) is 22.5 Å². The Kier molecular flexibility index (Phi) is 3.97. The number of aromatic nitrogens is 1. The average Bonchev–Trinajstić information content (AvgIpc) is 2.28. The summed E-state index contributed by atoms with van der Waals surface area (Å²) in [6.45, 7) is 2.10. The Morgan fingerprint density at radius 2 is 2.22 bits per heavy atom. The third kappa shape index (κ3) is 3.05. The van der Waals surface area contributed by atoms with Crippen LogP contribution in [0.3, 0.4) is 0 Å². The molecule has 1 aromatic heterocycles. The number of nitrogens with one attached hydrogen (secondary N) is 1. The maximum absolute atomic E-state index is 13.4. The fraction of sp³-hybridized carbons (Fsp3) is 0.583. The van der Waals surface area contributed by atoms with Crippen molar-refractivity contribution in [2.45, 2.75) is 43.7 Å². The number of rotatable bonds is 3. The van der Waals surface area contributed by atoms with Crippen molar-refractivity contribution in [3.63, 3.8) is 0 Å². The number of halogens is 1. The summed E-state index contributed by atoms with van der Waals surface area (Å²) in [5.74, 6) is -0.311. The van der Waals surface area contributed by atoms with Gasteiger partial charge in [0.15, 0.2) is 5.82 Å². The monoisotopic (exact) mass is 272 g/mol. The predicted molar refractivity (Wildman–Crippen MR) is 65.9 cm³/mol. The Labute approximate surface area is 107 Å². The minimum atomic E-state index is -3.85. The van der Waals surface area contributed by atoms with Gasteiger partial charge in [0.05, 0.1) is 0 Å². The van der Waals surface area contributed by atoms with E-state index in [0.717, 1.165) is 31.7 Å². The van der Waals surface area contributed by atoms with Gasteiger partial charge in [-0.15, -0.1) is 0 Å². The second-order valence-corrected chi connectivity index (χ2v) is 6.51. The molecule has 0 aromatic carbocycles. The minimum Gasteiger partial charge on any atom is -0.241 e. The molecule has 0 amide bonds. The van der Waals surface area contributed by atoms with Crippen molar-refractivity contribution in [1.29, 1.82) is 0 Å². The van der Waals surface area contributed by atoms with Crippen LogP contribution in [0.4, 0.5) is 4.39 Å². The minimum absolute atomic E-state index is 0.111. The van der Waals surface area contributed by atoms with E-state index in [1.807, 2.05) is 0 Å². The first-order valence-electron chi connectivity index (χ1n) is 6.12. The molecule has 0 saturated heterocycles. The first-order chi connectivity index (χ1) is 8.49. The number of nitrogens with zero attached hydrogens (tertiary/aromatic N) is 1. The highest BCUT2D eigenvalue weighted by Crippen LogP contribution is 2.24. The molecule has 1 heterocycles. The van der Waals surface area contributed by atoms with E-state index in [9.17, 15) is 12.8 Å². The van der Waals surface area contributed by atoms with Crippen LogP contribution in [-0.4, -0.2) is 19.4 Å². The van der Waals surface area contributed by atoms with Crippen molar-refractivity contribution in [3.8, 4) is 0 Å². The van der Waals surface area contributed by atoms with E-state index < -0.39 is 20.9 Å². The third-order valence-corrected chi connectivity index (χ3v) is 4.69. The van der Waals surface area contributed by atoms with Crippen LogP contribution in [0, 0.1) is 11.7 Å². The van der Waals surface area contributed by atoms with Gasteiger partial charge in [0.1, 0.15) is 0 Å². The quantitative estimate of drug-likeness (QED) is 0.916. The summed E-state index contributed by atoms with van der Waals surface area (Å²) in [6, 6.07) is 2.36. The maximum Gasteiger partial charge on any atom is 0.261 e. The summed E-state index contributed by atoms with van der Waals surface area (Å²) >= 11 is 0. The molecule has 0 radical (unpaired) electrons. The lowest BCUT2D eigenvalue weighted by Crippen LogP contribution is -2.38. The SMILES string of the molecule is CC1CCCC(NS(=O)(=O)c2ncccc2F)C1. The Morgan fingerprint density at radius 1 is 1.44 bits per heavy atom. The van der Waals surface area contributed by atoms with E-state index in [4.69, 9.17) is 0 Å². The van der Waals surface area contributed by atoms with E-state index >= 15 is 0 Å². The Morgan fingerprint density at radius 3 is 2.89 bits per heavy atom. The van der Waals surface area contributed by atoms with E-state index in [0.29, 0.717) is 5.92 Å². The zero-order valence-electron chi connectivity index (χ0n) is 10.3. The average molecular weight is 272 g/mol. The molecule has 0 bridgehead atoms. The summed E-state index contributed by atoms with van der Waals surface area (Å²) in [4.78, 5) is 3.61. The summed E-state index contributed by atoms with van der Waals surface area (Å²) < 4.78 is 40.0. The summed E-state index contributed by atoms with van der Waals surface area (Å²) in [7, 11) is -3.85. The van der Waals surface area contributed by atoms with Gasteiger partial charge < -0.3 is 0 Å². The summed E-state index contributed by atoms with van der Waals surface area (Å²) in [6.07, 6.45) is 5.00. The third-order valence-electron chi connectivity index (χ3n) is 3.24. The number of hydrogen-bond acceptors (Lipinski definition) is 3. The van der Waals surface area contributed by atoms with Gasteiger partial charge in [-0.3, -0.25) is 0 Å². The highest BCUT2D eigenvalue weighted by atomic mass is 32.2. The van der Waals surface area contributed by atoms with Crippen LogP contribution in [0.2, 0.25) is 0 Å². The second kappa shape index (κ2) is 5.32. The van der Waals surface area contributed by atoms with Crippen molar-refractivity contribution in [2.24, 2.45) is 5.92 Å². The normalized spacial score (nSPS) is 25.0. The molecular formula is C12H17FN2O2S. The summed E-state index contributed by atoms with van der Waals surface area (Å²) in [5, 5.41) is -0.511. The van der Waals surface area contributed by atoms with Gasteiger partial charge in [0, 0.05) is 12.2 Å². The standard InChI is InChI=1S/C12H17FN2O2S/c1-9-4-2-5-10(8-9)15-18(16,17)12-11(13)6-3-7-14-12/h3,6-7,9-10,15H,2,4-5,8H2,1H3. The van der Waals surface area contributed by atoms with Crippen molar-refractivity contribution >= 4 is 10.0 Å². The van der Waals surface area contributed by atoms with Crippen LogP contribution >= 0.6 is 0 Å². The molecule has 4 nitrogen and oxygen atoms in total. The van der Waals surface area contributed by atoms with Crippen molar-refractivity contribution in [3.05, 3.63) is 24.1 Å². The lowest BCUT2D eigenvalue weighted by Gasteiger charge is -2.27. The van der Waals surface area contributed by atoms with Crippen LogP contribution in [0.15, 0.2) is 23.4 Å². The molecule has 18 heavy (non-hydrogen) atoms. The Balaban J connectivity index is 2.15. The van der Waals surface area contributed by atoms with E-state index in [2.05, 4.69) is 16.6 Å². The summed E-state index contributed by atoms with van der Waals surface area (Å²) in [5.41, 5.74) is 0. The smallest absolute Gasteiger partial charge is 0.241 e. The van der Waals surface area contributed by atoms with Gasteiger partial charge in [0.2, 0.25) is 5.03 Å². The lowest BCUT2D eigenvalue weighted by atomic mass is 9.88.